The zero-order valence-corrected chi connectivity index (χ0v) is 4.63. The summed E-state index contributed by atoms with van der Waals surface area (Å²) in [5.41, 5.74) is 0. The molecule has 0 radical (unpaired) electrons. The molecule has 7 heavy (non-hydrogen) atoms. The van der Waals surface area contributed by atoms with E-state index < -0.39 is 6.29 Å². The third kappa shape index (κ3) is 25.0. The number of aliphatic hydroxyl groups is 3. The van der Waals surface area contributed by atoms with Gasteiger partial charge in [0.15, 0.2) is 6.29 Å². The highest BCUT2D eigenvalue weighted by Crippen LogP contribution is 1.77. The van der Waals surface area contributed by atoms with E-state index in [-0.39, 0.29) is 0 Å². The average Bonchev–Trinajstić information content (AvgIpc) is 1.73. The number of hydrogen-bond acceptors (Lipinski definition) is 3. The van der Waals surface area contributed by atoms with Crippen molar-refractivity contribution < 1.29 is 15.3 Å². The van der Waals surface area contributed by atoms with E-state index in [9.17, 15) is 0 Å². The lowest BCUT2D eigenvalue weighted by molar-refractivity contribution is -0.0413. The summed E-state index contributed by atoms with van der Waals surface area (Å²) in [5.74, 6) is 0. The Morgan fingerprint density at radius 1 is 1.29 bits per heavy atom. The first-order chi connectivity index (χ1) is 3.27. The molecular formula is C4H12O3. The molecule has 0 aromatic carbocycles. The zero-order valence-electron chi connectivity index (χ0n) is 4.63. The second-order valence-corrected chi connectivity index (χ2v) is 0.889. The summed E-state index contributed by atoms with van der Waals surface area (Å²) in [5, 5.41) is 22.8. The van der Waals surface area contributed by atoms with Crippen LogP contribution >= 0.6 is 0 Å². The van der Waals surface area contributed by atoms with Crippen LogP contribution in [-0.2, 0) is 0 Å². The largest absolute Gasteiger partial charge is 0.400 e. The van der Waals surface area contributed by atoms with Gasteiger partial charge in [-0.25, -0.2) is 0 Å². The Hall–Kier alpha value is -0.120. The molecule has 0 bridgehead atoms. The fraction of sp³-hybridized carbons (Fsp3) is 1.00. The summed E-state index contributed by atoms with van der Waals surface area (Å²) in [7, 11) is 1.00. The van der Waals surface area contributed by atoms with Gasteiger partial charge >= 0.3 is 0 Å². The second-order valence-electron chi connectivity index (χ2n) is 0.889. The number of hydrogen-bond donors (Lipinski definition) is 3. The molecule has 0 aromatic heterocycles. The van der Waals surface area contributed by atoms with Crippen molar-refractivity contribution in [1.82, 2.24) is 0 Å². The number of rotatable bonds is 1. The van der Waals surface area contributed by atoms with Gasteiger partial charge in [-0.15, -0.1) is 0 Å². The highest BCUT2D eigenvalue weighted by atomic mass is 16.5. The average molecular weight is 108 g/mol. The molecular weight excluding hydrogens is 96.0 g/mol. The van der Waals surface area contributed by atoms with Crippen LogP contribution in [0.1, 0.15) is 13.3 Å². The van der Waals surface area contributed by atoms with Crippen molar-refractivity contribution in [1.29, 1.82) is 0 Å². The maximum Gasteiger partial charge on any atom is 0.151 e. The highest BCUT2D eigenvalue weighted by molar-refractivity contribution is 4.21. The van der Waals surface area contributed by atoms with Gasteiger partial charge < -0.3 is 15.3 Å². The minimum absolute atomic E-state index is 0.417. The van der Waals surface area contributed by atoms with Crippen LogP contribution in [0.5, 0.6) is 0 Å². The van der Waals surface area contributed by atoms with Gasteiger partial charge in [-0.2, -0.15) is 0 Å². The lowest BCUT2D eigenvalue weighted by Crippen LogP contribution is -1.99. The molecule has 0 aliphatic carbocycles. The van der Waals surface area contributed by atoms with Gasteiger partial charge in [-0.3, -0.25) is 0 Å². The first-order valence-electron chi connectivity index (χ1n) is 2.08. The first kappa shape index (κ1) is 9.99. The van der Waals surface area contributed by atoms with Gasteiger partial charge in [-0.05, 0) is 6.42 Å². The van der Waals surface area contributed by atoms with E-state index in [4.69, 9.17) is 15.3 Å². The lowest BCUT2D eigenvalue weighted by atomic mass is 10.5. The van der Waals surface area contributed by atoms with Crippen LogP contribution in [0, 0.1) is 0 Å². The highest BCUT2D eigenvalue weighted by Gasteiger charge is 1.83. The maximum atomic E-state index is 7.92. The molecule has 0 atom stereocenters. The van der Waals surface area contributed by atoms with Crippen LogP contribution < -0.4 is 0 Å². The van der Waals surface area contributed by atoms with E-state index in [0.29, 0.717) is 6.42 Å². The fourth-order valence-corrected chi connectivity index (χ4v) is 0. The van der Waals surface area contributed by atoms with Crippen LogP contribution in [0.2, 0.25) is 0 Å². The normalized spacial score (nSPS) is 7.71. The van der Waals surface area contributed by atoms with Crippen LogP contribution in [-0.4, -0.2) is 28.7 Å². The standard InChI is InChI=1S/C3H8O2.CH4O/c1-2-3(4)5;1-2/h3-5H,2H2,1H3;2H,1H3. The van der Waals surface area contributed by atoms with Crippen molar-refractivity contribution in [2.45, 2.75) is 19.6 Å². The smallest absolute Gasteiger partial charge is 0.151 e. The van der Waals surface area contributed by atoms with Crippen LogP contribution in [0.15, 0.2) is 0 Å². The van der Waals surface area contributed by atoms with E-state index in [1.807, 2.05) is 0 Å². The molecule has 3 heteroatoms. The summed E-state index contributed by atoms with van der Waals surface area (Å²) < 4.78 is 0. The Balaban J connectivity index is 0. The second kappa shape index (κ2) is 9.30. The van der Waals surface area contributed by atoms with Gasteiger partial charge in [-0.1, -0.05) is 6.92 Å². The van der Waals surface area contributed by atoms with E-state index in [0.717, 1.165) is 7.11 Å². The van der Waals surface area contributed by atoms with Crippen molar-refractivity contribution in [3.63, 3.8) is 0 Å². The molecule has 0 heterocycles. The van der Waals surface area contributed by atoms with Gasteiger partial charge in [0.25, 0.3) is 0 Å². The minimum atomic E-state index is -1.12. The molecule has 0 aliphatic heterocycles. The Morgan fingerprint density at radius 3 is 1.43 bits per heavy atom. The molecule has 0 rings (SSSR count). The van der Waals surface area contributed by atoms with E-state index in [1.54, 1.807) is 6.92 Å². The molecule has 3 nitrogen and oxygen atoms in total. The topological polar surface area (TPSA) is 60.7 Å². The molecule has 0 amide bonds. The first-order valence-corrected chi connectivity index (χ1v) is 2.08. The summed E-state index contributed by atoms with van der Waals surface area (Å²) in [4.78, 5) is 0. The quantitative estimate of drug-likeness (QED) is 0.390. The van der Waals surface area contributed by atoms with Gasteiger partial charge in [0.2, 0.25) is 0 Å². The van der Waals surface area contributed by atoms with Crippen molar-refractivity contribution in [3.8, 4) is 0 Å². The summed E-state index contributed by atoms with van der Waals surface area (Å²) >= 11 is 0. The Labute approximate surface area is 43.2 Å². The molecule has 0 unspecified atom stereocenters. The SMILES string of the molecule is CCC(O)O.CO. The molecule has 3 N–H and O–H groups in total. The Morgan fingerprint density at radius 2 is 1.43 bits per heavy atom. The lowest BCUT2D eigenvalue weighted by Gasteiger charge is -1.90. The predicted octanol–water partition coefficient (Wildman–Crippen LogP) is -0.684. The third-order valence-electron chi connectivity index (χ3n) is 0.365. The van der Waals surface area contributed by atoms with E-state index in [2.05, 4.69) is 0 Å². The van der Waals surface area contributed by atoms with E-state index >= 15 is 0 Å². The third-order valence-corrected chi connectivity index (χ3v) is 0.365. The molecule has 0 saturated heterocycles. The Kier molecular flexibility index (Phi) is 13.3. The fourth-order valence-electron chi connectivity index (χ4n) is 0. The molecule has 0 aliphatic rings. The maximum absolute atomic E-state index is 7.92. The summed E-state index contributed by atoms with van der Waals surface area (Å²) in [6.07, 6.45) is -0.699. The van der Waals surface area contributed by atoms with Gasteiger partial charge in [0, 0.05) is 7.11 Å². The summed E-state index contributed by atoms with van der Waals surface area (Å²) in [6.45, 7) is 1.70. The van der Waals surface area contributed by atoms with Crippen molar-refractivity contribution in [3.05, 3.63) is 0 Å². The monoisotopic (exact) mass is 108 g/mol. The Bertz CT molecular complexity index is 20.9. The minimum Gasteiger partial charge on any atom is -0.400 e. The molecule has 0 saturated carbocycles. The summed E-state index contributed by atoms with van der Waals surface area (Å²) in [6, 6.07) is 0. The molecule has 0 spiro atoms. The predicted molar refractivity (Wildman–Crippen MR) is 26.7 cm³/mol. The molecule has 46 valence electrons. The number of aliphatic hydroxyl groups excluding tert-OH is 2. The zero-order chi connectivity index (χ0) is 6.28. The van der Waals surface area contributed by atoms with Crippen LogP contribution in [0.4, 0.5) is 0 Å². The van der Waals surface area contributed by atoms with Gasteiger partial charge in [0.05, 0.1) is 0 Å². The van der Waals surface area contributed by atoms with Crippen molar-refractivity contribution in [2.24, 2.45) is 0 Å². The van der Waals surface area contributed by atoms with Gasteiger partial charge in [0.1, 0.15) is 0 Å². The van der Waals surface area contributed by atoms with Crippen molar-refractivity contribution in [2.75, 3.05) is 7.11 Å². The van der Waals surface area contributed by atoms with Crippen LogP contribution in [0.3, 0.4) is 0 Å². The van der Waals surface area contributed by atoms with E-state index in [1.165, 1.54) is 0 Å². The van der Waals surface area contributed by atoms with Crippen LogP contribution in [0.25, 0.3) is 0 Å². The molecule has 0 aromatic rings. The van der Waals surface area contributed by atoms with Crippen molar-refractivity contribution >= 4 is 0 Å². The molecule has 0 fully saturated rings.